The number of methoxy groups -OCH3 is 1. The van der Waals surface area contributed by atoms with E-state index in [0.29, 0.717) is 17.0 Å². The maximum Gasteiger partial charge on any atom is 0.261 e. The molecule has 0 aliphatic carbocycles. The average molecular weight is 462 g/mol. The Morgan fingerprint density at radius 1 is 1.03 bits per heavy atom. The molecule has 0 aromatic heterocycles. The van der Waals surface area contributed by atoms with Crippen molar-refractivity contribution in [3.05, 3.63) is 94.6 Å². The summed E-state index contributed by atoms with van der Waals surface area (Å²) in [5, 5.41) is 2.46. The van der Waals surface area contributed by atoms with Crippen LogP contribution in [0.1, 0.15) is 52.1 Å². The van der Waals surface area contributed by atoms with E-state index in [2.05, 4.69) is 5.32 Å². The number of nitrogens with zero attached hydrogens (tertiary/aromatic N) is 1. The van der Waals surface area contributed by atoms with Gasteiger partial charge < -0.3 is 10.1 Å². The highest BCUT2D eigenvalue weighted by Gasteiger charge is 2.28. The molecule has 5 nitrogen and oxygen atoms in total. The summed E-state index contributed by atoms with van der Waals surface area (Å²) < 4.78 is 33.2. The second kappa shape index (κ2) is 9.17. The third kappa shape index (κ3) is 4.88. The van der Waals surface area contributed by atoms with Crippen LogP contribution in [0.2, 0.25) is 0 Å². The van der Waals surface area contributed by atoms with Gasteiger partial charge in [-0.05, 0) is 62.2 Å². The summed E-state index contributed by atoms with van der Waals surface area (Å²) in [4.78, 5) is 30.4. The van der Waals surface area contributed by atoms with E-state index in [-0.39, 0.29) is 23.4 Å². The highest BCUT2D eigenvalue weighted by Crippen LogP contribution is 2.31. The molecular weight excluding hydrogens is 438 g/mol. The Hall–Kier alpha value is -3.87. The molecule has 1 aliphatic rings. The van der Waals surface area contributed by atoms with E-state index in [0.717, 1.165) is 29.7 Å². The number of carbonyl (C=O) groups excluding carboxylic acids is 2. The molecule has 0 unspecified atom stereocenters. The standard InChI is InChI=1S/C27H24F2N2O3/c1-27(2)15-17-10-11-19(34-3)13-20(17)23(31-27)14-24(32)16-6-4-7-18(12-16)30-26(33)25-21(28)8-5-9-22(25)29/h4-13H,14-15H2,1-3H3,(H,30,33). The normalized spacial score (nSPS) is 14.1. The van der Waals surface area contributed by atoms with Gasteiger partial charge in [0, 0.05) is 16.8 Å². The smallest absolute Gasteiger partial charge is 0.261 e. The van der Waals surface area contributed by atoms with Gasteiger partial charge in [0.15, 0.2) is 5.78 Å². The fourth-order valence-corrected chi connectivity index (χ4v) is 4.10. The average Bonchev–Trinajstić information content (AvgIpc) is 2.78. The SMILES string of the molecule is COc1ccc2c(c1)C(CC(=O)c1cccc(NC(=O)c3c(F)cccc3F)c1)=NC(C)(C)C2. The van der Waals surface area contributed by atoms with Gasteiger partial charge in [-0.25, -0.2) is 8.78 Å². The molecule has 4 rings (SSSR count). The summed E-state index contributed by atoms with van der Waals surface area (Å²) in [6.07, 6.45) is 0.807. The lowest BCUT2D eigenvalue weighted by atomic mass is 9.85. The van der Waals surface area contributed by atoms with Crippen molar-refractivity contribution in [2.45, 2.75) is 32.2 Å². The molecule has 3 aromatic carbocycles. The number of ketones is 1. The summed E-state index contributed by atoms with van der Waals surface area (Å²) in [6.45, 7) is 4.03. The Labute approximate surface area is 196 Å². The largest absolute Gasteiger partial charge is 0.497 e. The molecule has 0 bridgehead atoms. The van der Waals surface area contributed by atoms with Crippen LogP contribution < -0.4 is 10.1 Å². The van der Waals surface area contributed by atoms with E-state index in [4.69, 9.17) is 9.73 Å². The van der Waals surface area contributed by atoms with Gasteiger partial charge in [0.2, 0.25) is 0 Å². The van der Waals surface area contributed by atoms with Gasteiger partial charge in [0.1, 0.15) is 22.9 Å². The van der Waals surface area contributed by atoms with Crippen molar-refractivity contribution >= 4 is 23.1 Å². The molecule has 1 heterocycles. The van der Waals surface area contributed by atoms with E-state index in [1.54, 1.807) is 25.3 Å². The van der Waals surface area contributed by atoms with Crippen LogP contribution in [-0.2, 0) is 6.42 Å². The first-order valence-electron chi connectivity index (χ1n) is 10.8. The number of amides is 1. The van der Waals surface area contributed by atoms with Gasteiger partial charge in [-0.15, -0.1) is 0 Å². The van der Waals surface area contributed by atoms with Crippen LogP contribution in [0.3, 0.4) is 0 Å². The number of ether oxygens (including phenoxy) is 1. The number of hydrogen-bond donors (Lipinski definition) is 1. The number of carbonyl (C=O) groups is 2. The Bertz CT molecular complexity index is 1290. The Balaban J connectivity index is 1.57. The maximum atomic E-state index is 13.9. The number of anilines is 1. The molecule has 1 amide bonds. The zero-order valence-electron chi connectivity index (χ0n) is 19.1. The lowest BCUT2D eigenvalue weighted by Crippen LogP contribution is -2.30. The van der Waals surface area contributed by atoms with Gasteiger partial charge >= 0.3 is 0 Å². The minimum atomic E-state index is -0.961. The van der Waals surface area contributed by atoms with Gasteiger partial charge in [0.25, 0.3) is 5.91 Å². The summed E-state index contributed by atoms with van der Waals surface area (Å²) >= 11 is 0. The highest BCUT2D eigenvalue weighted by molar-refractivity contribution is 6.17. The van der Waals surface area contributed by atoms with Crippen LogP contribution in [0.15, 0.2) is 65.7 Å². The molecule has 3 aromatic rings. The Kier molecular flexibility index (Phi) is 6.28. The summed E-state index contributed by atoms with van der Waals surface area (Å²) in [7, 11) is 1.59. The molecule has 1 N–H and O–H groups in total. The Morgan fingerprint density at radius 3 is 2.44 bits per heavy atom. The van der Waals surface area contributed by atoms with Crippen LogP contribution in [0.25, 0.3) is 0 Å². The number of rotatable bonds is 6. The zero-order valence-corrected chi connectivity index (χ0v) is 19.1. The lowest BCUT2D eigenvalue weighted by Gasteiger charge is -2.29. The summed E-state index contributed by atoms with van der Waals surface area (Å²) in [6, 6.07) is 15.2. The molecule has 0 atom stereocenters. The van der Waals surface area contributed by atoms with Crippen LogP contribution in [0, 0.1) is 11.6 Å². The summed E-state index contributed by atoms with van der Waals surface area (Å²) in [5.41, 5.74) is 2.22. The fourth-order valence-electron chi connectivity index (χ4n) is 4.10. The van der Waals surface area contributed by atoms with Crippen molar-refractivity contribution in [1.29, 1.82) is 0 Å². The van der Waals surface area contributed by atoms with Crippen LogP contribution >= 0.6 is 0 Å². The zero-order chi connectivity index (χ0) is 24.5. The van der Waals surface area contributed by atoms with E-state index in [1.807, 2.05) is 32.0 Å². The van der Waals surface area contributed by atoms with Crippen molar-refractivity contribution < 1.29 is 23.1 Å². The number of benzene rings is 3. The molecule has 0 fully saturated rings. The molecule has 174 valence electrons. The molecule has 0 spiro atoms. The molecule has 0 saturated carbocycles. The molecular formula is C27H24F2N2O3. The number of Topliss-reactive ketones (excluding diaryl/α,β-unsaturated/α-hetero) is 1. The number of nitrogens with one attached hydrogen (secondary N) is 1. The number of aliphatic imine (C=N–C) groups is 1. The number of fused-ring (bicyclic) bond motifs is 1. The predicted molar refractivity (Wildman–Crippen MR) is 127 cm³/mol. The first-order chi connectivity index (χ1) is 16.2. The van der Waals surface area contributed by atoms with E-state index >= 15 is 0 Å². The van der Waals surface area contributed by atoms with Crippen LogP contribution in [0.5, 0.6) is 5.75 Å². The molecule has 1 aliphatic heterocycles. The highest BCUT2D eigenvalue weighted by atomic mass is 19.1. The maximum absolute atomic E-state index is 13.9. The molecule has 34 heavy (non-hydrogen) atoms. The first kappa shape index (κ1) is 23.3. The minimum Gasteiger partial charge on any atom is -0.497 e. The third-order valence-corrected chi connectivity index (χ3v) is 5.65. The van der Waals surface area contributed by atoms with Gasteiger partial charge in [0.05, 0.1) is 24.8 Å². The summed E-state index contributed by atoms with van der Waals surface area (Å²) in [5.74, 6) is -2.37. The van der Waals surface area contributed by atoms with Crippen molar-refractivity contribution in [1.82, 2.24) is 0 Å². The predicted octanol–water partition coefficient (Wildman–Crippen LogP) is 5.62. The monoisotopic (exact) mass is 462 g/mol. The minimum absolute atomic E-state index is 0.0585. The quantitative estimate of drug-likeness (QED) is 0.484. The van der Waals surface area contributed by atoms with E-state index < -0.39 is 23.1 Å². The number of halogens is 2. The van der Waals surface area contributed by atoms with Gasteiger partial charge in [-0.2, -0.15) is 0 Å². The lowest BCUT2D eigenvalue weighted by molar-refractivity contribution is 0.0994. The fraction of sp³-hybridized carbons (Fsp3) is 0.222. The van der Waals surface area contributed by atoms with Gasteiger partial charge in [-0.1, -0.05) is 24.3 Å². The van der Waals surface area contributed by atoms with Gasteiger partial charge in [-0.3, -0.25) is 14.6 Å². The van der Waals surface area contributed by atoms with Crippen molar-refractivity contribution in [2.75, 3.05) is 12.4 Å². The van der Waals surface area contributed by atoms with Crippen molar-refractivity contribution in [3.63, 3.8) is 0 Å². The van der Waals surface area contributed by atoms with Crippen LogP contribution in [0.4, 0.5) is 14.5 Å². The molecule has 0 radical (unpaired) electrons. The third-order valence-electron chi connectivity index (χ3n) is 5.65. The second-order valence-electron chi connectivity index (χ2n) is 8.80. The van der Waals surface area contributed by atoms with E-state index in [1.165, 1.54) is 12.1 Å². The molecule has 7 heteroatoms. The van der Waals surface area contributed by atoms with Crippen molar-refractivity contribution in [2.24, 2.45) is 4.99 Å². The Morgan fingerprint density at radius 2 is 1.74 bits per heavy atom. The second-order valence-corrected chi connectivity index (χ2v) is 8.80. The van der Waals surface area contributed by atoms with E-state index in [9.17, 15) is 18.4 Å². The van der Waals surface area contributed by atoms with Crippen LogP contribution in [-0.4, -0.2) is 30.1 Å². The topological polar surface area (TPSA) is 67.8 Å². The first-order valence-corrected chi connectivity index (χ1v) is 10.8. The number of hydrogen-bond acceptors (Lipinski definition) is 4. The molecule has 0 saturated heterocycles. The van der Waals surface area contributed by atoms with Crippen molar-refractivity contribution in [3.8, 4) is 5.75 Å².